The lowest BCUT2D eigenvalue weighted by molar-refractivity contribution is 0.222. The molecule has 1 saturated heterocycles. The summed E-state index contributed by atoms with van der Waals surface area (Å²) in [5.41, 5.74) is 2.55. The van der Waals surface area contributed by atoms with Gasteiger partial charge in [0.05, 0.1) is 10.6 Å². The molecule has 0 spiro atoms. The molecule has 0 amide bonds. The first kappa shape index (κ1) is 19.2. The van der Waals surface area contributed by atoms with E-state index in [0.29, 0.717) is 29.8 Å². The molecular weight excluding hydrogens is 390 g/mol. The fourth-order valence-corrected chi connectivity index (χ4v) is 6.34. The monoisotopic (exact) mass is 413 g/mol. The Balaban J connectivity index is 1.64. The maximum atomic E-state index is 13.2. The van der Waals surface area contributed by atoms with Gasteiger partial charge in [0.2, 0.25) is 10.0 Å². The van der Waals surface area contributed by atoms with Crippen molar-refractivity contribution in [2.75, 3.05) is 13.1 Å². The molecule has 0 radical (unpaired) electrons. The first-order chi connectivity index (χ1) is 13.4. The Bertz CT molecular complexity index is 1050. The van der Waals surface area contributed by atoms with E-state index in [2.05, 4.69) is 23.8 Å². The molecule has 1 fully saturated rings. The van der Waals surface area contributed by atoms with E-state index in [4.69, 9.17) is 0 Å². The summed E-state index contributed by atoms with van der Waals surface area (Å²) >= 11 is 1.53. The fraction of sp³-hybridized carbons (Fsp3) is 0.333. The number of benzene rings is 1. The summed E-state index contributed by atoms with van der Waals surface area (Å²) in [7, 11) is -3.50. The van der Waals surface area contributed by atoms with Crippen molar-refractivity contribution in [1.82, 2.24) is 14.3 Å². The van der Waals surface area contributed by atoms with Crippen molar-refractivity contribution in [2.24, 2.45) is 11.8 Å². The van der Waals surface area contributed by atoms with Crippen molar-refractivity contribution in [3.63, 3.8) is 0 Å². The molecule has 146 valence electrons. The zero-order valence-electron chi connectivity index (χ0n) is 15.9. The molecule has 28 heavy (non-hydrogen) atoms. The number of piperidine rings is 1. The maximum absolute atomic E-state index is 13.2. The maximum Gasteiger partial charge on any atom is 0.243 e. The predicted molar refractivity (Wildman–Crippen MR) is 112 cm³/mol. The average molecular weight is 414 g/mol. The number of hydrogen-bond donors (Lipinski definition) is 0. The quantitative estimate of drug-likeness (QED) is 0.630. The van der Waals surface area contributed by atoms with Crippen LogP contribution in [-0.2, 0) is 10.0 Å². The van der Waals surface area contributed by atoms with Gasteiger partial charge in [0, 0.05) is 42.0 Å². The Hall–Kier alpha value is -2.09. The second-order valence-electron chi connectivity index (χ2n) is 7.58. The highest BCUT2D eigenvalue weighted by atomic mass is 32.2. The molecule has 0 N–H and O–H groups in total. The molecule has 0 bridgehead atoms. The van der Waals surface area contributed by atoms with Gasteiger partial charge in [-0.1, -0.05) is 26.0 Å². The highest BCUT2D eigenvalue weighted by Gasteiger charge is 2.31. The van der Waals surface area contributed by atoms with E-state index in [1.54, 1.807) is 34.9 Å². The largest absolute Gasteiger partial charge is 0.264 e. The summed E-state index contributed by atoms with van der Waals surface area (Å²) in [5.74, 6) is 0.754. The number of thiazole rings is 1. The molecule has 3 aromatic rings. The molecule has 2 aromatic heterocycles. The molecule has 7 heteroatoms. The first-order valence-corrected chi connectivity index (χ1v) is 11.7. The number of nitrogens with zero attached hydrogens (tertiary/aromatic N) is 3. The second kappa shape index (κ2) is 7.73. The number of pyridine rings is 1. The molecule has 2 atom stereocenters. The van der Waals surface area contributed by atoms with Crippen LogP contribution in [0.2, 0.25) is 0 Å². The zero-order valence-corrected chi connectivity index (χ0v) is 17.6. The molecule has 1 aliphatic rings. The highest BCUT2D eigenvalue weighted by molar-refractivity contribution is 7.89. The Kier molecular flexibility index (Phi) is 5.31. The van der Waals surface area contributed by atoms with Gasteiger partial charge in [0.1, 0.15) is 5.01 Å². The Morgan fingerprint density at radius 2 is 1.82 bits per heavy atom. The van der Waals surface area contributed by atoms with Crippen LogP contribution in [0.25, 0.3) is 21.8 Å². The molecule has 3 heterocycles. The molecular formula is C21H23N3O2S2. The Morgan fingerprint density at radius 3 is 2.54 bits per heavy atom. The van der Waals surface area contributed by atoms with E-state index < -0.39 is 10.0 Å². The number of hydrogen-bond acceptors (Lipinski definition) is 5. The van der Waals surface area contributed by atoms with Gasteiger partial charge in [-0.25, -0.2) is 13.4 Å². The average Bonchev–Trinajstić information content (AvgIpc) is 3.18. The van der Waals surface area contributed by atoms with Crippen molar-refractivity contribution >= 4 is 21.4 Å². The third-order valence-electron chi connectivity index (χ3n) is 5.02. The van der Waals surface area contributed by atoms with Crippen molar-refractivity contribution in [3.8, 4) is 21.8 Å². The SMILES string of the molecule is CC1CC(C)CN(S(=O)(=O)c2cccc(-c3csc(-c4cccnc4)n3)c2)C1. The van der Waals surface area contributed by atoms with Crippen LogP contribution < -0.4 is 0 Å². The topological polar surface area (TPSA) is 63.2 Å². The third-order valence-corrected chi connectivity index (χ3v) is 7.73. The summed E-state index contributed by atoms with van der Waals surface area (Å²) < 4.78 is 28.0. The third kappa shape index (κ3) is 3.87. The van der Waals surface area contributed by atoms with Gasteiger partial charge in [-0.2, -0.15) is 4.31 Å². The lowest BCUT2D eigenvalue weighted by Crippen LogP contribution is -2.42. The van der Waals surface area contributed by atoms with Crippen LogP contribution in [0.4, 0.5) is 0 Å². The normalized spacial score (nSPS) is 20.9. The fourth-order valence-electron chi connectivity index (χ4n) is 3.80. The Labute approximate surface area is 170 Å². The molecule has 5 nitrogen and oxygen atoms in total. The van der Waals surface area contributed by atoms with E-state index in [0.717, 1.165) is 28.2 Å². The zero-order chi connectivity index (χ0) is 19.7. The minimum absolute atomic E-state index is 0.335. The van der Waals surface area contributed by atoms with Gasteiger partial charge < -0.3 is 0 Å². The molecule has 0 aliphatic carbocycles. The summed E-state index contributed by atoms with van der Waals surface area (Å²) in [4.78, 5) is 9.15. The minimum Gasteiger partial charge on any atom is -0.264 e. The summed E-state index contributed by atoms with van der Waals surface area (Å²) in [6.07, 6.45) is 4.58. The van der Waals surface area contributed by atoms with Crippen molar-refractivity contribution in [1.29, 1.82) is 0 Å². The first-order valence-electron chi connectivity index (χ1n) is 9.40. The van der Waals surface area contributed by atoms with Crippen LogP contribution in [0.5, 0.6) is 0 Å². The number of rotatable bonds is 4. The number of sulfonamides is 1. The minimum atomic E-state index is -3.50. The summed E-state index contributed by atoms with van der Waals surface area (Å²) in [6, 6.07) is 11.0. The van der Waals surface area contributed by atoms with Crippen molar-refractivity contribution in [3.05, 3.63) is 54.2 Å². The van der Waals surface area contributed by atoms with Crippen LogP contribution in [0.3, 0.4) is 0 Å². The molecule has 4 rings (SSSR count). The smallest absolute Gasteiger partial charge is 0.243 e. The Morgan fingerprint density at radius 1 is 1.07 bits per heavy atom. The van der Waals surface area contributed by atoms with E-state index in [1.165, 1.54) is 11.3 Å². The lowest BCUT2D eigenvalue weighted by Gasteiger charge is -2.34. The lowest BCUT2D eigenvalue weighted by atomic mass is 9.94. The van der Waals surface area contributed by atoms with Gasteiger partial charge in [-0.3, -0.25) is 4.98 Å². The van der Waals surface area contributed by atoms with Gasteiger partial charge in [-0.15, -0.1) is 11.3 Å². The van der Waals surface area contributed by atoms with Crippen LogP contribution in [0.15, 0.2) is 59.1 Å². The van der Waals surface area contributed by atoms with Gasteiger partial charge in [-0.05, 0) is 42.5 Å². The van der Waals surface area contributed by atoms with E-state index >= 15 is 0 Å². The van der Waals surface area contributed by atoms with Crippen LogP contribution in [0.1, 0.15) is 20.3 Å². The van der Waals surface area contributed by atoms with Gasteiger partial charge >= 0.3 is 0 Å². The summed E-state index contributed by atoms with van der Waals surface area (Å²) in [5, 5.41) is 2.83. The summed E-state index contributed by atoms with van der Waals surface area (Å²) in [6.45, 7) is 5.39. The molecule has 1 aromatic carbocycles. The second-order valence-corrected chi connectivity index (χ2v) is 10.4. The molecule has 0 saturated carbocycles. The van der Waals surface area contributed by atoms with Crippen LogP contribution >= 0.6 is 11.3 Å². The van der Waals surface area contributed by atoms with Crippen LogP contribution in [0, 0.1) is 11.8 Å². The van der Waals surface area contributed by atoms with E-state index in [1.807, 2.05) is 23.6 Å². The van der Waals surface area contributed by atoms with Gasteiger partial charge in [0.25, 0.3) is 0 Å². The van der Waals surface area contributed by atoms with Crippen molar-refractivity contribution in [2.45, 2.75) is 25.2 Å². The predicted octanol–water partition coefficient (Wildman–Crippen LogP) is 4.54. The van der Waals surface area contributed by atoms with E-state index in [-0.39, 0.29) is 0 Å². The molecule has 2 unspecified atom stereocenters. The van der Waals surface area contributed by atoms with Gasteiger partial charge in [0.15, 0.2) is 0 Å². The van der Waals surface area contributed by atoms with E-state index in [9.17, 15) is 8.42 Å². The van der Waals surface area contributed by atoms with Crippen molar-refractivity contribution < 1.29 is 8.42 Å². The highest BCUT2D eigenvalue weighted by Crippen LogP contribution is 2.31. The van der Waals surface area contributed by atoms with Crippen LogP contribution in [-0.4, -0.2) is 35.8 Å². The number of aromatic nitrogens is 2. The molecule has 1 aliphatic heterocycles. The standard InChI is InChI=1S/C21H23N3O2S2/c1-15-9-16(2)13-24(12-15)28(25,26)19-7-3-5-17(10-19)20-14-27-21(23-20)18-6-4-8-22-11-18/h3-8,10-11,14-16H,9,12-13H2,1-2H3.